The van der Waals surface area contributed by atoms with Gasteiger partial charge in [0.25, 0.3) is 0 Å². The van der Waals surface area contributed by atoms with E-state index in [1.54, 1.807) is 0 Å². The molecule has 0 spiro atoms. The molecule has 2 nitrogen and oxygen atoms in total. The van der Waals surface area contributed by atoms with Crippen LogP contribution in [-0.2, 0) is 6.42 Å². The Bertz CT molecular complexity index is 223. The fourth-order valence-electron chi connectivity index (χ4n) is 1.29. The maximum Gasteiger partial charge on any atom is 0.0950 e. The Labute approximate surface area is 60.9 Å². The zero-order valence-corrected chi connectivity index (χ0v) is 6.25. The molecule has 10 heavy (non-hydrogen) atoms. The van der Waals surface area contributed by atoms with E-state index in [9.17, 15) is 0 Å². The third-order valence-electron chi connectivity index (χ3n) is 2.05. The van der Waals surface area contributed by atoms with Crippen LogP contribution in [-0.4, -0.2) is 9.55 Å². The summed E-state index contributed by atoms with van der Waals surface area (Å²) in [5.74, 6) is 0. The predicted octanol–water partition coefficient (Wildman–Crippen LogP) is 1.78. The van der Waals surface area contributed by atoms with Crippen molar-refractivity contribution < 1.29 is 0 Å². The molecule has 54 valence electrons. The van der Waals surface area contributed by atoms with Gasteiger partial charge in [0.2, 0.25) is 0 Å². The minimum atomic E-state index is 0.789. The lowest BCUT2D eigenvalue weighted by Crippen LogP contribution is -1.96. The van der Waals surface area contributed by atoms with Crippen molar-refractivity contribution in [3.63, 3.8) is 0 Å². The Kier molecular flexibility index (Phi) is 1.26. The third kappa shape index (κ3) is 0.838. The SMILES string of the molecule is CCc1cncn1C1CC1. The summed E-state index contributed by atoms with van der Waals surface area (Å²) in [6.07, 6.45) is 7.73. The largest absolute Gasteiger partial charge is 0.332 e. The number of hydrogen-bond acceptors (Lipinski definition) is 1. The second kappa shape index (κ2) is 2.11. The van der Waals surface area contributed by atoms with Crippen LogP contribution in [0.4, 0.5) is 0 Å². The molecule has 1 fully saturated rings. The highest BCUT2D eigenvalue weighted by Crippen LogP contribution is 2.35. The van der Waals surface area contributed by atoms with Gasteiger partial charge in [0.05, 0.1) is 6.33 Å². The van der Waals surface area contributed by atoms with Crippen LogP contribution in [0.3, 0.4) is 0 Å². The van der Waals surface area contributed by atoms with Gasteiger partial charge < -0.3 is 4.57 Å². The molecule has 0 N–H and O–H groups in total. The maximum atomic E-state index is 4.12. The molecule has 1 aromatic heterocycles. The van der Waals surface area contributed by atoms with Crippen LogP contribution >= 0.6 is 0 Å². The molecule has 0 atom stereocenters. The van der Waals surface area contributed by atoms with Crippen LogP contribution in [0.25, 0.3) is 0 Å². The van der Waals surface area contributed by atoms with Crippen LogP contribution in [0.15, 0.2) is 12.5 Å². The summed E-state index contributed by atoms with van der Waals surface area (Å²) in [6, 6.07) is 0.789. The van der Waals surface area contributed by atoms with E-state index in [2.05, 4.69) is 16.5 Å². The average Bonchev–Trinajstić information content (AvgIpc) is 2.69. The van der Waals surface area contributed by atoms with Gasteiger partial charge in [-0.25, -0.2) is 4.98 Å². The first kappa shape index (κ1) is 5.96. The summed E-state index contributed by atoms with van der Waals surface area (Å²) in [5.41, 5.74) is 1.38. The van der Waals surface area contributed by atoms with Crippen molar-refractivity contribution in [3.8, 4) is 0 Å². The Morgan fingerprint density at radius 1 is 1.70 bits per heavy atom. The molecule has 0 amide bonds. The number of aryl methyl sites for hydroxylation is 1. The normalized spacial score (nSPS) is 17.7. The lowest BCUT2D eigenvalue weighted by molar-refractivity contribution is 0.699. The average molecular weight is 136 g/mol. The first-order valence-electron chi connectivity index (χ1n) is 3.92. The van der Waals surface area contributed by atoms with E-state index in [4.69, 9.17) is 0 Å². The smallest absolute Gasteiger partial charge is 0.0950 e. The van der Waals surface area contributed by atoms with Crippen LogP contribution < -0.4 is 0 Å². The molecule has 0 saturated heterocycles. The molecule has 1 aromatic rings. The Hall–Kier alpha value is -0.790. The molecular formula is C8H12N2. The van der Waals surface area contributed by atoms with Gasteiger partial charge in [0.1, 0.15) is 0 Å². The van der Waals surface area contributed by atoms with Gasteiger partial charge in [0.15, 0.2) is 0 Å². The highest BCUT2D eigenvalue weighted by atomic mass is 15.1. The summed E-state index contributed by atoms with van der Waals surface area (Å²) < 4.78 is 2.31. The quantitative estimate of drug-likeness (QED) is 0.606. The molecule has 0 bridgehead atoms. The standard InChI is InChI=1S/C8H12N2/c1-2-7-5-9-6-10(7)8-3-4-8/h5-6,8H,2-4H2,1H3. The van der Waals surface area contributed by atoms with E-state index in [1.165, 1.54) is 18.5 Å². The summed E-state index contributed by atoms with van der Waals surface area (Å²) >= 11 is 0. The molecular weight excluding hydrogens is 124 g/mol. The van der Waals surface area contributed by atoms with Crippen LogP contribution in [0, 0.1) is 0 Å². The Morgan fingerprint density at radius 3 is 3.10 bits per heavy atom. The molecule has 1 aliphatic rings. The number of nitrogens with zero attached hydrogens (tertiary/aromatic N) is 2. The van der Waals surface area contributed by atoms with E-state index in [0.29, 0.717) is 0 Å². The van der Waals surface area contributed by atoms with Crippen molar-refractivity contribution in [2.45, 2.75) is 32.2 Å². The van der Waals surface area contributed by atoms with Crippen LogP contribution in [0.1, 0.15) is 31.5 Å². The molecule has 1 heterocycles. The first-order valence-corrected chi connectivity index (χ1v) is 3.92. The fourth-order valence-corrected chi connectivity index (χ4v) is 1.29. The predicted molar refractivity (Wildman–Crippen MR) is 39.9 cm³/mol. The van der Waals surface area contributed by atoms with Gasteiger partial charge >= 0.3 is 0 Å². The summed E-state index contributed by atoms with van der Waals surface area (Å²) in [7, 11) is 0. The van der Waals surface area contributed by atoms with E-state index < -0.39 is 0 Å². The fraction of sp³-hybridized carbons (Fsp3) is 0.625. The number of aromatic nitrogens is 2. The minimum Gasteiger partial charge on any atom is -0.332 e. The Balaban J connectivity index is 2.28. The zero-order chi connectivity index (χ0) is 6.97. The highest BCUT2D eigenvalue weighted by Gasteiger charge is 2.24. The van der Waals surface area contributed by atoms with Gasteiger partial charge in [-0.3, -0.25) is 0 Å². The van der Waals surface area contributed by atoms with Crippen molar-refractivity contribution in [1.82, 2.24) is 9.55 Å². The summed E-state index contributed by atoms with van der Waals surface area (Å²) in [5, 5.41) is 0. The second-order valence-corrected chi connectivity index (χ2v) is 2.88. The third-order valence-corrected chi connectivity index (χ3v) is 2.05. The number of hydrogen-bond donors (Lipinski definition) is 0. The lowest BCUT2D eigenvalue weighted by Gasteiger charge is -2.01. The second-order valence-electron chi connectivity index (χ2n) is 2.88. The van der Waals surface area contributed by atoms with E-state index in [1.807, 2.05) is 12.5 Å². The summed E-state index contributed by atoms with van der Waals surface area (Å²) in [6.45, 7) is 2.18. The topological polar surface area (TPSA) is 17.8 Å². The number of rotatable bonds is 2. The molecule has 0 aromatic carbocycles. The molecule has 0 radical (unpaired) electrons. The van der Waals surface area contributed by atoms with Gasteiger partial charge in [-0.2, -0.15) is 0 Å². The molecule has 1 saturated carbocycles. The summed E-state index contributed by atoms with van der Waals surface area (Å²) in [4.78, 5) is 4.12. The zero-order valence-electron chi connectivity index (χ0n) is 6.25. The first-order chi connectivity index (χ1) is 4.92. The molecule has 2 rings (SSSR count). The lowest BCUT2D eigenvalue weighted by atomic mass is 10.3. The van der Waals surface area contributed by atoms with Gasteiger partial charge in [-0.15, -0.1) is 0 Å². The Morgan fingerprint density at radius 2 is 2.50 bits per heavy atom. The molecule has 1 aliphatic carbocycles. The van der Waals surface area contributed by atoms with Crippen molar-refractivity contribution in [2.75, 3.05) is 0 Å². The van der Waals surface area contributed by atoms with Crippen LogP contribution in [0.5, 0.6) is 0 Å². The monoisotopic (exact) mass is 136 g/mol. The van der Waals surface area contributed by atoms with E-state index >= 15 is 0 Å². The van der Waals surface area contributed by atoms with E-state index in [-0.39, 0.29) is 0 Å². The maximum absolute atomic E-state index is 4.12. The van der Waals surface area contributed by atoms with Gasteiger partial charge in [0, 0.05) is 17.9 Å². The molecule has 2 heteroatoms. The molecule has 0 unspecified atom stereocenters. The van der Waals surface area contributed by atoms with E-state index in [0.717, 1.165) is 12.5 Å². The van der Waals surface area contributed by atoms with Crippen molar-refractivity contribution >= 4 is 0 Å². The van der Waals surface area contributed by atoms with Gasteiger partial charge in [-0.05, 0) is 19.3 Å². The number of imidazole rings is 1. The van der Waals surface area contributed by atoms with Crippen molar-refractivity contribution in [3.05, 3.63) is 18.2 Å². The van der Waals surface area contributed by atoms with Crippen molar-refractivity contribution in [2.24, 2.45) is 0 Å². The highest BCUT2D eigenvalue weighted by molar-refractivity contribution is 5.02. The van der Waals surface area contributed by atoms with Crippen molar-refractivity contribution in [1.29, 1.82) is 0 Å². The minimum absolute atomic E-state index is 0.789. The molecule has 0 aliphatic heterocycles. The van der Waals surface area contributed by atoms with Crippen LogP contribution in [0.2, 0.25) is 0 Å². The van der Waals surface area contributed by atoms with Gasteiger partial charge in [-0.1, -0.05) is 6.92 Å².